The lowest BCUT2D eigenvalue weighted by Gasteiger charge is -2.34. The number of likely N-dealkylation sites (tertiary alicyclic amines) is 1. The predicted octanol–water partition coefficient (Wildman–Crippen LogP) is 2.34. The van der Waals surface area contributed by atoms with E-state index in [2.05, 4.69) is 0 Å². The fourth-order valence-electron chi connectivity index (χ4n) is 2.77. The largest absolute Gasteiger partial charge is 0.342 e. The average Bonchev–Trinajstić information content (AvgIpc) is 2.45. The molecular formula is C16H23FN2O. The van der Waals surface area contributed by atoms with Gasteiger partial charge in [0.15, 0.2) is 0 Å². The highest BCUT2D eigenvalue weighted by atomic mass is 19.1. The van der Waals surface area contributed by atoms with Gasteiger partial charge >= 0.3 is 0 Å². The molecule has 0 unspecified atom stereocenters. The van der Waals surface area contributed by atoms with Gasteiger partial charge in [-0.3, -0.25) is 4.79 Å². The Balaban J connectivity index is 1.85. The Morgan fingerprint density at radius 3 is 3.05 bits per heavy atom. The first-order valence-electron chi connectivity index (χ1n) is 7.34. The summed E-state index contributed by atoms with van der Waals surface area (Å²) in [6.07, 6.45) is 3.16. The van der Waals surface area contributed by atoms with Crippen molar-refractivity contribution in [1.29, 1.82) is 0 Å². The van der Waals surface area contributed by atoms with Crippen LogP contribution in [0, 0.1) is 11.7 Å². The molecule has 3 nitrogen and oxygen atoms in total. The first-order valence-corrected chi connectivity index (χ1v) is 7.34. The normalized spacial score (nSPS) is 20.8. The summed E-state index contributed by atoms with van der Waals surface area (Å²) in [5, 5.41) is 0. The Hall–Kier alpha value is -1.42. The van der Waals surface area contributed by atoms with E-state index in [9.17, 15) is 9.18 Å². The molecule has 0 saturated carbocycles. The van der Waals surface area contributed by atoms with Crippen LogP contribution in [0.3, 0.4) is 0 Å². The lowest BCUT2D eigenvalue weighted by molar-refractivity contribution is -0.133. The maximum atomic E-state index is 13.1. The summed E-state index contributed by atoms with van der Waals surface area (Å²) in [7, 11) is 0. The van der Waals surface area contributed by atoms with Crippen LogP contribution in [0.2, 0.25) is 0 Å². The third-order valence-electron chi connectivity index (χ3n) is 4.07. The second-order valence-corrected chi connectivity index (χ2v) is 5.73. The summed E-state index contributed by atoms with van der Waals surface area (Å²) in [5.74, 6) is 0.312. The van der Waals surface area contributed by atoms with Crippen molar-refractivity contribution in [3.8, 4) is 0 Å². The summed E-state index contributed by atoms with van der Waals surface area (Å²) >= 11 is 0. The molecule has 1 aromatic rings. The minimum Gasteiger partial charge on any atom is -0.342 e. The molecule has 0 aromatic heterocycles. The van der Waals surface area contributed by atoms with E-state index in [0.717, 1.165) is 31.5 Å². The fraction of sp³-hybridized carbons (Fsp3) is 0.562. The highest BCUT2D eigenvalue weighted by Gasteiger charge is 2.25. The zero-order valence-electron chi connectivity index (χ0n) is 12.0. The standard InChI is InChI=1S/C16H23FN2O/c1-12(18)14-5-3-9-19(11-14)16(20)8-7-13-4-2-6-15(17)10-13/h2,4,6,10,12,14H,3,5,7-9,11,18H2,1H3/t12-,14+/m1/s1. The molecule has 1 heterocycles. The van der Waals surface area contributed by atoms with Gasteiger partial charge in [0, 0.05) is 25.6 Å². The van der Waals surface area contributed by atoms with Gasteiger partial charge in [-0.2, -0.15) is 0 Å². The SMILES string of the molecule is C[C@@H](N)[C@H]1CCCN(C(=O)CCc2cccc(F)c2)C1. The van der Waals surface area contributed by atoms with Crippen molar-refractivity contribution in [2.24, 2.45) is 11.7 Å². The summed E-state index contributed by atoms with van der Waals surface area (Å²) < 4.78 is 13.1. The zero-order valence-corrected chi connectivity index (χ0v) is 12.0. The lowest BCUT2D eigenvalue weighted by atomic mass is 9.92. The van der Waals surface area contributed by atoms with Crippen molar-refractivity contribution >= 4 is 5.91 Å². The Kier molecular flexibility index (Phi) is 5.12. The Morgan fingerprint density at radius 1 is 1.55 bits per heavy atom. The smallest absolute Gasteiger partial charge is 0.222 e. The summed E-state index contributed by atoms with van der Waals surface area (Å²) in [5.41, 5.74) is 6.81. The van der Waals surface area contributed by atoms with Gasteiger partial charge in [-0.25, -0.2) is 4.39 Å². The van der Waals surface area contributed by atoms with Crippen molar-refractivity contribution in [1.82, 2.24) is 4.90 Å². The molecule has 1 fully saturated rings. The van der Waals surface area contributed by atoms with Crippen LogP contribution in [-0.4, -0.2) is 29.9 Å². The minimum atomic E-state index is -0.245. The number of amides is 1. The van der Waals surface area contributed by atoms with E-state index in [1.54, 1.807) is 6.07 Å². The molecule has 1 aliphatic rings. The van der Waals surface area contributed by atoms with Crippen LogP contribution in [0.4, 0.5) is 4.39 Å². The summed E-state index contributed by atoms with van der Waals surface area (Å²) in [6, 6.07) is 6.59. The van der Waals surface area contributed by atoms with Crippen molar-refractivity contribution in [3.63, 3.8) is 0 Å². The topological polar surface area (TPSA) is 46.3 Å². The molecule has 0 radical (unpaired) electrons. The van der Waals surface area contributed by atoms with E-state index >= 15 is 0 Å². The molecule has 20 heavy (non-hydrogen) atoms. The first kappa shape index (κ1) is 15.0. The van der Waals surface area contributed by atoms with Gasteiger partial charge in [-0.1, -0.05) is 12.1 Å². The summed E-state index contributed by atoms with van der Waals surface area (Å²) in [4.78, 5) is 14.1. The number of nitrogens with two attached hydrogens (primary N) is 1. The maximum Gasteiger partial charge on any atom is 0.222 e. The molecule has 0 spiro atoms. The first-order chi connectivity index (χ1) is 9.56. The van der Waals surface area contributed by atoms with Crippen LogP contribution < -0.4 is 5.73 Å². The molecule has 110 valence electrons. The Labute approximate surface area is 120 Å². The molecule has 0 aliphatic carbocycles. The van der Waals surface area contributed by atoms with Gasteiger partial charge in [0.05, 0.1) is 0 Å². The van der Waals surface area contributed by atoms with E-state index < -0.39 is 0 Å². The highest BCUT2D eigenvalue weighted by Crippen LogP contribution is 2.19. The maximum absolute atomic E-state index is 13.1. The van der Waals surface area contributed by atoms with Crippen LogP contribution in [-0.2, 0) is 11.2 Å². The van der Waals surface area contributed by atoms with E-state index in [0.29, 0.717) is 18.8 Å². The number of carbonyl (C=O) groups excluding carboxylic acids is 1. The summed E-state index contributed by atoms with van der Waals surface area (Å²) in [6.45, 7) is 3.59. The molecule has 4 heteroatoms. The molecule has 1 amide bonds. The van der Waals surface area contributed by atoms with Gasteiger partial charge in [-0.05, 0) is 49.8 Å². The lowest BCUT2D eigenvalue weighted by Crippen LogP contribution is -2.45. The number of halogens is 1. The molecule has 0 bridgehead atoms. The van der Waals surface area contributed by atoms with Gasteiger partial charge in [-0.15, -0.1) is 0 Å². The van der Waals surface area contributed by atoms with E-state index in [1.165, 1.54) is 12.1 Å². The molecule has 2 rings (SSSR count). The van der Waals surface area contributed by atoms with E-state index in [4.69, 9.17) is 5.73 Å². The molecule has 1 saturated heterocycles. The van der Waals surface area contributed by atoms with Crippen LogP contribution in [0.1, 0.15) is 31.7 Å². The van der Waals surface area contributed by atoms with Crippen molar-refractivity contribution < 1.29 is 9.18 Å². The quantitative estimate of drug-likeness (QED) is 0.919. The number of rotatable bonds is 4. The monoisotopic (exact) mass is 278 g/mol. The van der Waals surface area contributed by atoms with Gasteiger partial charge in [0.1, 0.15) is 5.82 Å². The molecule has 2 N–H and O–H groups in total. The van der Waals surface area contributed by atoms with E-state index in [1.807, 2.05) is 17.9 Å². The van der Waals surface area contributed by atoms with Gasteiger partial charge in [0.2, 0.25) is 5.91 Å². The van der Waals surface area contributed by atoms with Crippen molar-refractivity contribution in [2.45, 2.75) is 38.6 Å². The zero-order chi connectivity index (χ0) is 14.5. The number of carbonyl (C=O) groups is 1. The number of hydrogen-bond donors (Lipinski definition) is 1. The number of hydrogen-bond acceptors (Lipinski definition) is 2. The third kappa shape index (κ3) is 4.04. The molecule has 1 aromatic carbocycles. The van der Waals surface area contributed by atoms with Crippen molar-refractivity contribution in [2.75, 3.05) is 13.1 Å². The average molecular weight is 278 g/mol. The third-order valence-corrected chi connectivity index (χ3v) is 4.07. The number of benzene rings is 1. The van der Waals surface area contributed by atoms with E-state index in [-0.39, 0.29) is 17.8 Å². The van der Waals surface area contributed by atoms with Crippen LogP contribution in [0.15, 0.2) is 24.3 Å². The molecular weight excluding hydrogens is 255 g/mol. The van der Waals surface area contributed by atoms with Gasteiger partial charge < -0.3 is 10.6 Å². The highest BCUT2D eigenvalue weighted by molar-refractivity contribution is 5.76. The Morgan fingerprint density at radius 2 is 2.35 bits per heavy atom. The number of piperidine rings is 1. The molecule has 2 atom stereocenters. The van der Waals surface area contributed by atoms with Gasteiger partial charge in [0.25, 0.3) is 0 Å². The van der Waals surface area contributed by atoms with Crippen LogP contribution in [0.5, 0.6) is 0 Å². The molecule has 1 aliphatic heterocycles. The second-order valence-electron chi connectivity index (χ2n) is 5.73. The predicted molar refractivity (Wildman–Crippen MR) is 77.7 cm³/mol. The minimum absolute atomic E-state index is 0.133. The number of aryl methyl sites for hydroxylation is 1. The van der Waals surface area contributed by atoms with Crippen LogP contribution >= 0.6 is 0 Å². The Bertz CT molecular complexity index is 462. The van der Waals surface area contributed by atoms with Crippen LogP contribution in [0.25, 0.3) is 0 Å². The second kappa shape index (κ2) is 6.84. The fourth-order valence-corrected chi connectivity index (χ4v) is 2.77. The van der Waals surface area contributed by atoms with Crippen molar-refractivity contribution in [3.05, 3.63) is 35.6 Å². The number of nitrogens with zero attached hydrogens (tertiary/aromatic N) is 1.